The monoisotopic (exact) mass is 256 g/mol. The number of amides is 1. The Kier molecular flexibility index (Phi) is 6.09. The Morgan fingerprint density at radius 1 is 1.28 bits per heavy atom. The fourth-order valence-corrected chi connectivity index (χ4v) is 2.56. The van der Waals surface area contributed by atoms with Crippen LogP contribution in [-0.4, -0.2) is 29.2 Å². The van der Waals surface area contributed by atoms with Crippen molar-refractivity contribution in [1.29, 1.82) is 0 Å². The Bertz CT molecular complexity index is 259. The van der Waals surface area contributed by atoms with Crippen molar-refractivity contribution >= 4 is 5.91 Å². The SMILES string of the molecule is CC(C)CC(N)C(=O)NCC1(O)CCCCCC1. The lowest BCUT2D eigenvalue weighted by atomic mass is 9.94. The number of carbonyl (C=O) groups excluding carboxylic acids is 1. The minimum atomic E-state index is -0.719. The summed E-state index contributed by atoms with van der Waals surface area (Å²) in [6.45, 7) is 4.44. The maximum atomic E-state index is 11.8. The standard InChI is InChI=1S/C14H28N2O2/c1-11(2)9-12(15)13(17)16-10-14(18)7-5-3-4-6-8-14/h11-12,18H,3-10,15H2,1-2H3,(H,16,17). The molecule has 0 saturated heterocycles. The van der Waals surface area contributed by atoms with Crippen molar-refractivity contribution < 1.29 is 9.90 Å². The first kappa shape index (κ1) is 15.4. The van der Waals surface area contributed by atoms with Gasteiger partial charge in [-0.25, -0.2) is 0 Å². The predicted molar refractivity (Wildman–Crippen MR) is 73.1 cm³/mol. The summed E-state index contributed by atoms with van der Waals surface area (Å²) >= 11 is 0. The third kappa shape index (κ3) is 5.36. The zero-order chi connectivity index (χ0) is 13.6. The van der Waals surface area contributed by atoms with Crippen molar-refractivity contribution in [2.24, 2.45) is 11.7 Å². The van der Waals surface area contributed by atoms with Gasteiger partial charge in [-0.15, -0.1) is 0 Å². The van der Waals surface area contributed by atoms with Crippen molar-refractivity contribution in [3.63, 3.8) is 0 Å². The van der Waals surface area contributed by atoms with Gasteiger partial charge < -0.3 is 16.2 Å². The van der Waals surface area contributed by atoms with Gasteiger partial charge in [0.1, 0.15) is 0 Å². The summed E-state index contributed by atoms with van der Waals surface area (Å²) < 4.78 is 0. The van der Waals surface area contributed by atoms with Crippen molar-refractivity contribution in [2.75, 3.05) is 6.54 Å². The second-order valence-electron chi connectivity index (χ2n) is 6.09. The molecule has 106 valence electrons. The van der Waals surface area contributed by atoms with Crippen LogP contribution >= 0.6 is 0 Å². The average Bonchev–Trinajstić information content (AvgIpc) is 2.51. The summed E-state index contributed by atoms with van der Waals surface area (Å²) in [7, 11) is 0. The molecule has 1 aliphatic rings. The predicted octanol–water partition coefficient (Wildman–Crippen LogP) is 1.56. The lowest BCUT2D eigenvalue weighted by Gasteiger charge is -2.27. The van der Waals surface area contributed by atoms with Crippen LogP contribution in [0.15, 0.2) is 0 Å². The Balaban J connectivity index is 2.36. The van der Waals surface area contributed by atoms with E-state index in [1.807, 2.05) is 13.8 Å². The molecule has 1 fully saturated rings. The fourth-order valence-electron chi connectivity index (χ4n) is 2.56. The van der Waals surface area contributed by atoms with Gasteiger partial charge in [0.2, 0.25) is 5.91 Å². The van der Waals surface area contributed by atoms with Crippen molar-refractivity contribution in [3.05, 3.63) is 0 Å². The molecule has 0 radical (unpaired) electrons. The van der Waals surface area contributed by atoms with Gasteiger partial charge in [-0.1, -0.05) is 39.5 Å². The summed E-state index contributed by atoms with van der Waals surface area (Å²) in [5, 5.41) is 13.2. The number of hydrogen-bond acceptors (Lipinski definition) is 3. The highest BCUT2D eigenvalue weighted by molar-refractivity contribution is 5.81. The number of nitrogens with one attached hydrogen (secondary N) is 1. The van der Waals surface area contributed by atoms with Crippen LogP contribution in [0.2, 0.25) is 0 Å². The van der Waals surface area contributed by atoms with Crippen molar-refractivity contribution in [3.8, 4) is 0 Å². The van der Waals surface area contributed by atoms with Crippen LogP contribution in [0, 0.1) is 5.92 Å². The number of carbonyl (C=O) groups is 1. The Morgan fingerprint density at radius 3 is 2.33 bits per heavy atom. The van der Waals surface area contributed by atoms with Gasteiger partial charge in [-0.3, -0.25) is 4.79 Å². The van der Waals surface area contributed by atoms with Crippen LogP contribution in [0.3, 0.4) is 0 Å². The first-order valence-electron chi connectivity index (χ1n) is 7.19. The highest BCUT2D eigenvalue weighted by atomic mass is 16.3. The number of aliphatic hydroxyl groups is 1. The molecule has 4 heteroatoms. The van der Waals surface area contributed by atoms with Gasteiger partial charge >= 0.3 is 0 Å². The van der Waals surface area contributed by atoms with Gasteiger partial charge in [-0.05, 0) is 25.2 Å². The van der Waals surface area contributed by atoms with E-state index in [1.165, 1.54) is 12.8 Å². The third-order valence-electron chi connectivity index (χ3n) is 3.69. The molecule has 18 heavy (non-hydrogen) atoms. The molecule has 1 atom stereocenters. The van der Waals surface area contributed by atoms with E-state index in [0.29, 0.717) is 18.9 Å². The molecule has 0 aromatic heterocycles. The quantitative estimate of drug-likeness (QED) is 0.653. The Morgan fingerprint density at radius 2 is 1.83 bits per heavy atom. The molecule has 0 spiro atoms. The van der Waals surface area contributed by atoms with E-state index < -0.39 is 11.6 Å². The molecule has 4 nitrogen and oxygen atoms in total. The molecule has 1 rings (SSSR count). The second-order valence-corrected chi connectivity index (χ2v) is 6.09. The molecular formula is C14H28N2O2. The molecule has 1 amide bonds. The minimum absolute atomic E-state index is 0.138. The topological polar surface area (TPSA) is 75.4 Å². The largest absolute Gasteiger partial charge is 0.388 e. The van der Waals surface area contributed by atoms with Crippen LogP contribution in [-0.2, 0) is 4.79 Å². The highest BCUT2D eigenvalue weighted by Gasteiger charge is 2.29. The summed E-state index contributed by atoms with van der Waals surface area (Å²) in [6, 6.07) is -0.459. The second kappa shape index (κ2) is 7.10. The van der Waals surface area contributed by atoms with Gasteiger partial charge in [-0.2, -0.15) is 0 Å². The maximum Gasteiger partial charge on any atom is 0.237 e. The summed E-state index contributed by atoms with van der Waals surface area (Å²) in [5.74, 6) is 0.271. The molecule has 0 bridgehead atoms. The average molecular weight is 256 g/mol. The van der Waals surface area contributed by atoms with E-state index in [1.54, 1.807) is 0 Å². The Hall–Kier alpha value is -0.610. The van der Waals surface area contributed by atoms with E-state index in [2.05, 4.69) is 5.32 Å². The Labute approximate surface area is 110 Å². The smallest absolute Gasteiger partial charge is 0.237 e. The maximum absolute atomic E-state index is 11.8. The molecule has 0 aromatic carbocycles. The van der Waals surface area contributed by atoms with Crippen LogP contribution in [0.25, 0.3) is 0 Å². The van der Waals surface area contributed by atoms with E-state index in [0.717, 1.165) is 25.7 Å². The normalized spacial score (nSPS) is 21.4. The summed E-state index contributed by atoms with van der Waals surface area (Å²) in [5.41, 5.74) is 5.10. The first-order valence-corrected chi connectivity index (χ1v) is 7.19. The van der Waals surface area contributed by atoms with E-state index in [9.17, 15) is 9.90 Å². The number of nitrogens with two attached hydrogens (primary N) is 1. The summed E-state index contributed by atoms with van der Waals surface area (Å²) in [6.07, 6.45) is 6.71. The summed E-state index contributed by atoms with van der Waals surface area (Å²) in [4.78, 5) is 11.8. The lowest BCUT2D eigenvalue weighted by Crippen LogP contribution is -2.48. The third-order valence-corrected chi connectivity index (χ3v) is 3.69. The number of hydrogen-bond donors (Lipinski definition) is 3. The molecule has 1 unspecified atom stereocenters. The van der Waals surface area contributed by atoms with Crippen molar-refractivity contribution in [2.45, 2.75) is 70.4 Å². The van der Waals surface area contributed by atoms with Crippen molar-refractivity contribution in [1.82, 2.24) is 5.32 Å². The van der Waals surface area contributed by atoms with Crippen LogP contribution in [0.1, 0.15) is 58.8 Å². The van der Waals surface area contributed by atoms with E-state index >= 15 is 0 Å². The lowest BCUT2D eigenvalue weighted by molar-refractivity contribution is -0.124. The molecule has 0 heterocycles. The molecule has 1 aliphatic carbocycles. The molecular weight excluding hydrogens is 228 g/mol. The zero-order valence-electron chi connectivity index (χ0n) is 11.7. The minimum Gasteiger partial charge on any atom is -0.388 e. The van der Waals surface area contributed by atoms with E-state index in [-0.39, 0.29) is 5.91 Å². The molecule has 0 aromatic rings. The highest BCUT2D eigenvalue weighted by Crippen LogP contribution is 2.26. The van der Waals surface area contributed by atoms with Crippen LogP contribution in [0.5, 0.6) is 0 Å². The van der Waals surface area contributed by atoms with Crippen LogP contribution in [0.4, 0.5) is 0 Å². The fraction of sp³-hybridized carbons (Fsp3) is 0.929. The molecule has 0 aliphatic heterocycles. The van der Waals surface area contributed by atoms with E-state index in [4.69, 9.17) is 5.73 Å². The first-order chi connectivity index (χ1) is 8.43. The van der Waals surface area contributed by atoms with Gasteiger partial charge in [0.25, 0.3) is 0 Å². The molecule has 1 saturated carbocycles. The van der Waals surface area contributed by atoms with Crippen LogP contribution < -0.4 is 11.1 Å². The number of rotatable bonds is 5. The molecule has 4 N–H and O–H groups in total. The van der Waals surface area contributed by atoms with Gasteiger partial charge in [0, 0.05) is 6.54 Å². The van der Waals surface area contributed by atoms with Gasteiger partial charge in [0.05, 0.1) is 11.6 Å². The zero-order valence-corrected chi connectivity index (χ0v) is 11.7. The van der Waals surface area contributed by atoms with Gasteiger partial charge in [0.15, 0.2) is 0 Å².